The molecule has 0 rings (SSSR count). The van der Waals surface area contributed by atoms with E-state index in [9.17, 15) is 17.4 Å². The molecule has 0 aliphatic rings. The highest BCUT2D eigenvalue weighted by atomic mass is 32.8. The van der Waals surface area contributed by atoms with Crippen molar-refractivity contribution in [2.45, 2.75) is 5.51 Å². The van der Waals surface area contributed by atoms with Crippen molar-refractivity contribution in [3.8, 4) is 0 Å². The van der Waals surface area contributed by atoms with Crippen molar-refractivity contribution in [1.29, 1.82) is 0 Å². The van der Waals surface area contributed by atoms with E-state index in [1.165, 1.54) is 0 Å². The molecule has 1 nitrogen and oxygen atoms in total. The van der Waals surface area contributed by atoms with Crippen molar-refractivity contribution in [3.05, 3.63) is 0 Å². The van der Waals surface area contributed by atoms with Crippen LogP contribution in [0.2, 0.25) is 0 Å². The highest BCUT2D eigenvalue weighted by molar-refractivity contribution is 8.22. The van der Waals surface area contributed by atoms with Crippen LogP contribution in [0, 0.1) is 0 Å². The van der Waals surface area contributed by atoms with Crippen LogP contribution in [0.1, 0.15) is 0 Å². The van der Waals surface area contributed by atoms with E-state index >= 15 is 0 Å². The minimum Gasteiger partial charge on any atom is -0.443 e. The number of halogens is 3. The summed E-state index contributed by atoms with van der Waals surface area (Å²) in [6.45, 7) is 0. The molecule has 0 aromatic carbocycles. The molecule has 0 saturated carbocycles. The highest BCUT2D eigenvalue weighted by Crippen LogP contribution is 2.14. The first-order valence-corrected chi connectivity index (χ1v) is 3.18. The van der Waals surface area contributed by atoms with Gasteiger partial charge >= 0.3 is 5.51 Å². The molecule has 0 aromatic heterocycles. The minimum atomic E-state index is -4.71. The van der Waals surface area contributed by atoms with Crippen LogP contribution in [0.4, 0.5) is 13.2 Å². The Kier molecular flexibility index (Phi) is 2.00. The van der Waals surface area contributed by atoms with Gasteiger partial charge in [0.05, 0.1) is 0 Å². The SMILES string of the molecule is O=[S-](=S)C(F)(F)F. The predicted molar refractivity (Wildman–Crippen MR) is 21.5 cm³/mol. The molecule has 0 unspecified atom stereocenters. The molecular formula is CF3OS2-. The molecule has 0 aliphatic heterocycles. The van der Waals surface area contributed by atoms with Gasteiger partial charge in [0.2, 0.25) is 0 Å². The molecule has 0 bridgehead atoms. The summed E-state index contributed by atoms with van der Waals surface area (Å²) >= 11 is 3.36. The molecule has 0 spiro atoms. The van der Waals surface area contributed by atoms with Crippen molar-refractivity contribution in [2.24, 2.45) is 0 Å². The first-order valence-electron chi connectivity index (χ1n) is 1.10. The summed E-state index contributed by atoms with van der Waals surface area (Å²) < 4.78 is 41.6. The van der Waals surface area contributed by atoms with Crippen molar-refractivity contribution in [1.82, 2.24) is 0 Å². The van der Waals surface area contributed by atoms with E-state index in [0.29, 0.717) is 0 Å². The van der Waals surface area contributed by atoms with Crippen molar-refractivity contribution >= 4 is 20.5 Å². The summed E-state index contributed by atoms with van der Waals surface area (Å²) in [6.07, 6.45) is 0. The van der Waals surface area contributed by atoms with Crippen LogP contribution < -0.4 is 0 Å². The van der Waals surface area contributed by atoms with E-state index < -0.39 is 14.9 Å². The van der Waals surface area contributed by atoms with Gasteiger partial charge in [0, 0.05) is 0 Å². The molecule has 44 valence electrons. The molecule has 0 aromatic rings. The van der Waals surface area contributed by atoms with Crippen LogP contribution in [0.15, 0.2) is 0 Å². The molecule has 0 amide bonds. The smallest absolute Gasteiger partial charge is 0.351 e. The summed E-state index contributed by atoms with van der Waals surface area (Å²) in [5.74, 6) is 0. The highest BCUT2D eigenvalue weighted by Gasteiger charge is 2.16. The van der Waals surface area contributed by atoms with Crippen molar-refractivity contribution < 1.29 is 17.4 Å². The van der Waals surface area contributed by atoms with Gasteiger partial charge in [0.1, 0.15) is 0 Å². The quantitative estimate of drug-likeness (QED) is 0.476. The molecule has 7 heavy (non-hydrogen) atoms. The van der Waals surface area contributed by atoms with E-state index in [4.69, 9.17) is 0 Å². The lowest BCUT2D eigenvalue weighted by molar-refractivity contribution is -0.0363. The van der Waals surface area contributed by atoms with E-state index in [2.05, 4.69) is 11.2 Å². The standard InChI is InChI=1S/CF3OS2/c2-1(3,4)7(5)6/q-1. The molecule has 0 atom stereocenters. The Labute approximate surface area is 44.2 Å². The Morgan fingerprint density at radius 1 is 1.43 bits per heavy atom. The maximum Gasteiger partial charge on any atom is 0.351 e. The molecule has 0 saturated heterocycles. The molecule has 0 radical (unpaired) electrons. The van der Waals surface area contributed by atoms with Gasteiger partial charge in [-0.2, -0.15) is 13.2 Å². The molecule has 0 N–H and O–H groups in total. The monoisotopic (exact) mass is 149 g/mol. The Balaban J connectivity index is 4.08. The Morgan fingerprint density at radius 2 is 1.57 bits per heavy atom. The number of hydrogen-bond donors (Lipinski definition) is 0. The number of rotatable bonds is 0. The zero-order valence-corrected chi connectivity index (χ0v) is 4.49. The normalized spacial score (nSPS) is 12.6. The summed E-state index contributed by atoms with van der Waals surface area (Å²) in [4.78, 5) is 0. The van der Waals surface area contributed by atoms with E-state index in [1.54, 1.807) is 0 Å². The summed E-state index contributed by atoms with van der Waals surface area (Å²) in [5.41, 5.74) is -4.71. The third-order valence-corrected chi connectivity index (χ3v) is 1.13. The molecular weight excluding hydrogens is 149 g/mol. The van der Waals surface area contributed by atoms with E-state index in [0.717, 1.165) is 0 Å². The fraction of sp³-hybridized carbons (Fsp3) is 1.00. The van der Waals surface area contributed by atoms with Gasteiger partial charge in [-0.3, -0.25) is 0 Å². The summed E-state index contributed by atoms with van der Waals surface area (Å²) in [6, 6.07) is 0. The first kappa shape index (κ1) is 7.16. The average molecular weight is 149 g/mol. The van der Waals surface area contributed by atoms with Gasteiger partial charge in [-0.05, 0) is 0 Å². The van der Waals surface area contributed by atoms with Crippen LogP contribution in [-0.2, 0) is 24.8 Å². The van der Waals surface area contributed by atoms with Gasteiger partial charge in [0.25, 0.3) is 0 Å². The fourth-order valence-corrected chi connectivity index (χ4v) is 0. The molecule has 6 heteroatoms. The topological polar surface area (TPSA) is 17.1 Å². The summed E-state index contributed by atoms with van der Waals surface area (Å²) in [7, 11) is -3.10. The average Bonchev–Trinajstić information content (AvgIpc) is 1.31. The van der Waals surface area contributed by atoms with Crippen molar-refractivity contribution in [2.75, 3.05) is 0 Å². The number of hydrogen-bond acceptors (Lipinski definition) is 3. The molecule has 0 aliphatic carbocycles. The van der Waals surface area contributed by atoms with Crippen LogP contribution >= 0.6 is 0 Å². The molecule has 0 heterocycles. The third-order valence-electron chi connectivity index (χ3n) is 0.189. The summed E-state index contributed by atoms with van der Waals surface area (Å²) in [5, 5.41) is 0. The maximum atomic E-state index is 10.8. The Bertz CT molecular complexity index is 113. The zero-order chi connectivity index (χ0) is 6.08. The Morgan fingerprint density at radius 3 is 1.57 bits per heavy atom. The van der Waals surface area contributed by atoms with E-state index in [1.807, 2.05) is 0 Å². The van der Waals surface area contributed by atoms with Gasteiger partial charge in [0.15, 0.2) is 0 Å². The van der Waals surface area contributed by atoms with Crippen LogP contribution in [0.5, 0.6) is 0 Å². The lowest BCUT2D eigenvalue weighted by Crippen LogP contribution is -2.06. The second-order valence-corrected chi connectivity index (χ2v) is 2.52. The Hall–Kier alpha value is 0.160. The number of alkyl halides is 3. The van der Waals surface area contributed by atoms with Gasteiger partial charge in [-0.25, -0.2) is 11.2 Å². The van der Waals surface area contributed by atoms with Crippen LogP contribution in [0.3, 0.4) is 0 Å². The van der Waals surface area contributed by atoms with Crippen molar-refractivity contribution in [3.63, 3.8) is 0 Å². The predicted octanol–water partition coefficient (Wildman–Crippen LogP) is 0.932. The zero-order valence-electron chi connectivity index (χ0n) is 2.86. The lowest BCUT2D eigenvalue weighted by atomic mass is 11.6. The molecule has 0 fully saturated rings. The van der Waals surface area contributed by atoms with Gasteiger partial charge in [-0.15, -0.1) is 9.36 Å². The third kappa shape index (κ3) is 2.81. The second kappa shape index (κ2) is 1.95. The first-order chi connectivity index (χ1) is 2.94. The second-order valence-electron chi connectivity index (χ2n) is 0.680. The minimum absolute atomic E-state index is 3.10. The maximum absolute atomic E-state index is 10.8. The fourth-order valence-electron chi connectivity index (χ4n) is 0. The lowest BCUT2D eigenvalue weighted by Gasteiger charge is -2.03. The van der Waals surface area contributed by atoms with Gasteiger partial charge in [-0.1, -0.05) is 0 Å². The van der Waals surface area contributed by atoms with Gasteiger partial charge < -0.3 is 4.21 Å². The van der Waals surface area contributed by atoms with Crippen LogP contribution in [0.25, 0.3) is 0 Å². The van der Waals surface area contributed by atoms with E-state index in [-0.39, 0.29) is 0 Å². The van der Waals surface area contributed by atoms with Crippen LogP contribution in [-0.4, -0.2) is 5.51 Å². The largest absolute Gasteiger partial charge is 0.443 e.